The van der Waals surface area contributed by atoms with Crippen molar-refractivity contribution in [2.45, 2.75) is 31.3 Å². The van der Waals surface area contributed by atoms with E-state index in [9.17, 15) is 14.7 Å². The third kappa shape index (κ3) is 3.14. The number of fused-ring (bicyclic) bond motifs is 1. The van der Waals surface area contributed by atoms with Crippen LogP contribution in [0.25, 0.3) is 0 Å². The van der Waals surface area contributed by atoms with Crippen molar-refractivity contribution in [2.75, 3.05) is 25.1 Å². The summed E-state index contributed by atoms with van der Waals surface area (Å²) in [5, 5.41) is 9.83. The molecular weight excluding hydrogens is 320 g/mol. The van der Waals surface area contributed by atoms with Gasteiger partial charge in [0, 0.05) is 12.6 Å². The third-order valence-corrected chi connectivity index (χ3v) is 5.27. The molecule has 25 heavy (non-hydrogen) atoms. The van der Waals surface area contributed by atoms with Crippen molar-refractivity contribution in [2.24, 2.45) is 5.92 Å². The number of esters is 1. The van der Waals surface area contributed by atoms with Crippen LogP contribution in [0.2, 0.25) is 0 Å². The summed E-state index contributed by atoms with van der Waals surface area (Å²) in [6, 6.07) is 7.02. The molecule has 0 aromatic heterocycles. The fourth-order valence-corrected chi connectivity index (χ4v) is 4.32. The number of carbonyl (C=O) groups excluding carboxylic acids is 1. The number of carboxylic acid groups (broad SMARTS) is 1. The molecule has 2 aliphatic heterocycles. The number of piperidine rings is 1. The van der Waals surface area contributed by atoms with Gasteiger partial charge in [-0.25, -0.2) is 4.79 Å². The zero-order chi connectivity index (χ0) is 18.0. The van der Waals surface area contributed by atoms with Crippen LogP contribution < -0.4 is 4.90 Å². The van der Waals surface area contributed by atoms with Gasteiger partial charge < -0.3 is 9.84 Å². The summed E-state index contributed by atoms with van der Waals surface area (Å²) in [5.74, 6) is -0.597. The summed E-state index contributed by atoms with van der Waals surface area (Å²) in [6.07, 6.45) is 3.03. The van der Waals surface area contributed by atoms with E-state index in [-0.39, 0.29) is 24.0 Å². The number of hydrogen-bond donors (Lipinski definition) is 1. The van der Waals surface area contributed by atoms with Gasteiger partial charge in [-0.3, -0.25) is 14.6 Å². The van der Waals surface area contributed by atoms with Crippen LogP contribution in [0.1, 0.15) is 18.4 Å². The highest BCUT2D eigenvalue weighted by molar-refractivity contribution is 5.90. The summed E-state index contributed by atoms with van der Waals surface area (Å²) in [4.78, 5) is 28.0. The first-order valence-corrected chi connectivity index (χ1v) is 8.61. The van der Waals surface area contributed by atoms with E-state index in [1.54, 1.807) is 6.08 Å². The molecule has 1 fully saturated rings. The lowest BCUT2D eigenvalue weighted by Gasteiger charge is -2.44. The van der Waals surface area contributed by atoms with Crippen molar-refractivity contribution >= 4 is 17.7 Å². The molecule has 0 radical (unpaired) electrons. The second kappa shape index (κ2) is 7.27. The molecular formula is C19H24N2O4. The van der Waals surface area contributed by atoms with Crippen LogP contribution in [0, 0.1) is 5.92 Å². The van der Waals surface area contributed by atoms with Crippen molar-refractivity contribution in [3.05, 3.63) is 42.5 Å². The fraction of sp³-hybridized carbons (Fsp3) is 0.474. The standard InChI is InChI=1S/C19H24N2O4/c1-3-10-20-11-6-8-14(18(22)25-2)17(20)16-12-13-7-4-5-9-15(13)21(16)19(23)24/h3-5,7,9,14,16-17H,1,6,8,10-12H2,2H3,(H,23,24). The number of anilines is 1. The summed E-state index contributed by atoms with van der Waals surface area (Å²) in [5.41, 5.74) is 1.72. The van der Waals surface area contributed by atoms with Crippen LogP contribution in [-0.2, 0) is 16.0 Å². The van der Waals surface area contributed by atoms with Crippen molar-refractivity contribution < 1.29 is 19.4 Å². The average Bonchev–Trinajstić information content (AvgIpc) is 3.00. The maximum absolute atomic E-state index is 12.4. The maximum atomic E-state index is 12.4. The number of rotatable bonds is 4. The summed E-state index contributed by atoms with van der Waals surface area (Å²) in [6.45, 7) is 5.26. The fourth-order valence-electron chi connectivity index (χ4n) is 4.32. The normalized spacial score (nSPS) is 26.1. The number of benzene rings is 1. The Hall–Kier alpha value is -2.34. The van der Waals surface area contributed by atoms with Crippen LogP contribution in [0.15, 0.2) is 36.9 Å². The minimum Gasteiger partial charge on any atom is -0.469 e. The van der Waals surface area contributed by atoms with Gasteiger partial charge in [0.25, 0.3) is 0 Å². The van der Waals surface area contributed by atoms with Crippen LogP contribution >= 0.6 is 0 Å². The van der Waals surface area contributed by atoms with Crippen molar-refractivity contribution in [1.29, 1.82) is 0 Å². The molecule has 0 spiro atoms. The number of para-hydroxylation sites is 1. The summed E-state index contributed by atoms with van der Waals surface area (Å²) < 4.78 is 5.02. The van der Waals surface area contributed by atoms with E-state index in [4.69, 9.17) is 4.74 Å². The molecule has 0 bridgehead atoms. The Bertz CT molecular complexity index is 675. The van der Waals surface area contributed by atoms with Gasteiger partial charge in [-0.1, -0.05) is 24.3 Å². The van der Waals surface area contributed by atoms with E-state index in [2.05, 4.69) is 11.5 Å². The number of ether oxygens (including phenoxy) is 1. The van der Waals surface area contributed by atoms with Gasteiger partial charge in [0.15, 0.2) is 0 Å². The monoisotopic (exact) mass is 344 g/mol. The molecule has 2 heterocycles. The molecule has 1 aromatic carbocycles. The summed E-state index contributed by atoms with van der Waals surface area (Å²) >= 11 is 0. The van der Waals surface area contributed by atoms with Gasteiger partial charge in [0.1, 0.15) is 0 Å². The molecule has 134 valence electrons. The smallest absolute Gasteiger partial charge is 0.412 e. The van der Waals surface area contributed by atoms with E-state index in [0.29, 0.717) is 25.1 Å². The van der Waals surface area contributed by atoms with Crippen LogP contribution in [-0.4, -0.2) is 54.4 Å². The third-order valence-electron chi connectivity index (χ3n) is 5.27. The highest BCUT2D eigenvalue weighted by atomic mass is 16.5. The zero-order valence-electron chi connectivity index (χ0n) is 14.4. The second-order valence-electron chi connectivity index (χ2n) is 6.60. The summed E-state index contributed by atoms with van der Waals surface area (Å²) in [7, 11) is 1.39. The van der Waals surface area contributed by atoms with E-state index in [0.717, 1.165) is 18.5 Å². The lowest BCUT2D eigenvalue weighted by atomic mass is 9.83. The molecule has 6 nitrogen and oxygen atoms in total. The SMILES string of the molecule is C=CCN1CCCC(C(=O)OC)C1C1Cc2ccccc2N1C(=O)O. The zero-order valence-corrected chi connectivity index (χ0v) is 14.4. The van der Waals surface area contributed by atoms with Gasteiger partial charge >= 0.3 is 12.1 Å². The number of amides is 1. The van der Waals surface area contributed by atoms with Gasteiger partial charge in [-0.2, -0.15) is 0 Å². The first kappa shape index (κ1) is 17.5. The Kier molecular flexibility index (Phi) is 5.08. The average molecular weight is 344 g/mol. The van der Waals surface area contributed by atoms with Gasteiger partial charge in [-0.05, 0) is 37.4 Å². The molecule has 1 N–H and O–H groups in total. The molecule has 3 rings (SSSR count). The Morgan fingerprint density at radius 2 is 2.16 bits per heavy atom. The topological polar surface area (TPSA) is 70.1 Å². The number of hydrogen-bond acceptors (Lipinski definition) is 4. The quantitative estimate of drug-likeness (QED) is 0.671. The van der Waals surface area contributed by atoms with Gasteiger partial charge in [-0.15, -0.1) is 6.58 Å². The molecule has 2 aliphatic rings. The number of carbonyl (C=O) groups is 2. The Morgan fingerprint density at radius 1 is 1.40 bits per heavy atom. The minimum absolute atomic E-state index is 0.220. The molecule has 3 atom stereocenters. The van der Waals surface area contributed by atoms with Crippen molar-refractivity contribution in [1.82, 2.24) is 4.90 Å². The second-order valence-corrected chi connectivity index (χ2v) is 6.60. The van der Waals surface area contributed by atoms with Crippen LogP contribution in [0.3, 0.4) is 0 Å². The molecule has 1 amide bonds. The lowest BCUT2D eigenvalue weighted by molar-refractivity contribution is -0.150. The highest BCUT2D eigenvalue weighted by Crippen LogP contribution is 2.39. The predicted molar refractivity (Wildman–Crippen MR) is 94.7 cm³/mol. The van der Waals surface area contributed by atoms with Crippen molar-refractivity contribution in [3.8, 4) is 0 Å². The maximum Gasteiger partial charge on any atom is 0.412 e. The molecule has 6 heteroatoms. The molecule has 0 aliphatic carbocycles. The van der Waals surface area contributed by atoms with E-state index in [1.165, 1.54) is 12.0 Å². The largest absolute Gasteiger partial charge is 0.469 e. The minimum atomic E-state index is -0.984. The van der Waals surface area contributed by atoms with E-state index in [1.807, 2.05) is 24.3 Å². The predicted octanol–water partition coefficient (Wildman–Crippen LogP) is 2.54. The Labute approximate surface area is 147 Å². The molecule has 0 saturated carbocycles. The van der Waals surface area contributed by atoms with Crippen LogP contribution in [0.5, 0.6) is 0 Å². The Morgan fingerprint density at radius 3 is 2.84 bits per heavy atom. The highest BCUT2D eigenvalue weighted by Gasteiger charge is 2.47. The molecule has 1 saturated heterocycles. The van der Waals surface area contributed by atoms with E-state index < -0.39 is 6.09 Å². The van der Waals surface area contributed by atoms with Gasteiger partial charge in [0.05, 0.1) is 24.8 Å². The number of methoxy groups -OCH3 is 1. The number of nitrogens with zero attached hydrogens (tertiary/aromatic N) is 2. The lowest BCUT2D eigenvalue weighted by Crippen LogP contribution is -2.59. The number of likely N-dealkylation sites (tertiary alicyclic amines) is 1. The first-order chi connectivity index (χ1) is 12.1. The van der Waals surface area contributed by atoms with E-state index >= 15 is 0 Å². The molecule has 3 unspecified atom stereocenters. The van der Waals surface area contributed by atoms with Crippen molar-refractivity contribution in [3.63, 3.8) is 0 Å². The molecule has 1 aromatic rings. The van der Waals surface area contributed by atoms with Crippen LogP contribution in [0.4, 0.5) is 10.5 Å². The van der Waals surface area contributed by atoms with Gasteiger partial charge in [0.2, 0.25) is 0 Å². The first-order valence-electron chi connectivity index (χ1n) is 8.61. The Balaban J connectivity index is 2.00.